The Morgan fingerprint density at radius 2 is 1.56 bits per heavy atom. The lowest BCUT2D eigenvalue weighted by Crippen LogP contribution is -2.31. The van der Waals surface area contributed by atoms with Crippen molar-refractivity contribution < 1.29 is 24.5 Å². The first kappa shape index (κ1) is 20.1. The molecular weight excluding hydrogens is 406 g/mol. The van der Waals surface area contributed by atoms with Crippen LogP contribution in [0.2, 0.25) is 0 Å². The van der Waals surface area contributed by atoms with E-state index in [4.69, 9.17) is 4.74 Å². The highest BCUT2D eigenvalue weighted by Gasteiger charge is 2.41. The van der Waals surface area contributed by atoms with E-state index in [1.807, 2.05) is 24.3 Å². The number of nitrogens with zero attached hydrogens (tertiary/aromatic N) is 1. The lowest BCUT2D eigenvalue weighted by Gasteiger charge is -2.19. The average Bonchev–Trinajstić information content (AvgIpc) is 3.38. The van der Waals surface area contributed by atoms with Gasteiger partial charge in [-0.05, 0) is 39.9 Å². The summed E-state index contributed by atoms with van der Waals surface area (Å²) < 4.78 is 5.70. The summed E-state index contributed by atoms with van der Waals surface area (Å²) in [6, 6.07) is 22.8. The van der Waals surface area contributed by atoms with Crippen LogP contribution in [-0.2, 0) is 9.53 Å². The number of hydrogen-bond acceptors (Lipinski definition) is 4. The maximum absolute atomic E-state index is 12.9. The zero-order chi connectivity index (χ0) is 22.2. The monoisotopic (exact) mass is 429 g/mol. The topological polar surface area (TPSA) is 87.1 Å². The number of hydrogen-bond donors (Lipinski definition) is 2. The Labute approximate surface area is 185 Å². The van der Waals surface area contributed by atoms with Crippen molar-refractivity contribution in [3.63, 3.8) is 0 Å². The van der Waals surface area contributed by atoms with Crippen LogP contribution in [-0.4, -0.2) is 46.9 Å². The van der Waals surface area contributed by atoms with E-state index in [1.165, 1.54) is 11.0 Å². The molecule has 6 nitrogen and oxygen atoms in total. The van der Waals surface area contributed by atoms with Crippen molar-refractivity contribution in [3.05, 3.63) is 89.5 Å². The van der Waals surface area contributed by atoms with E-state index in [0.29, 0.717) is 5.56 Å². The molecule has 1 heterocycles. The predicted molar refractivity (Wildman–Crippen MR) is 119 cm³/mol. The molecule has 1 aliphatic heterocycles. The number of carboxylic acid groups (broad SMARTS) is 1. The fraction of sp³-hybridized carbons (Fsp3) is 0.231. The van der Waals surface area contributed by atoms with E-state index in [1.54, 1.807) is 18.2 Å². The van der Waals surface area contributed by atoms with Gasteiger partial charge in [-0.3, -0.25) is 4.79 Å². The lowest BCUT2D eigenvalue weighted by atomic mass is 9.89. The first-order valence-electron chi connectivity index (χ1n) is 10.6. The Morgan fingerprint density at radius 1 is 0.906 bits per heavy atom. The zero-order valence-corrected chi connectivity index (χ0v) is 17.3. The Morgan fingerprint density at radius 3 is 2.19 bits per heavy atom. The molecule has 2 N–H and O–H groups in total. The minimum absolute atomic E-state index is 0.0499. The van der Waals surface area contributed by atoms with Crippen molar-refractivity contribution in [1.82, 2.24) is 4.90 Å². The van der Waals surface area contributed by atoms with Gasteiger partial charge in [-0.15, -0.1) is 0 Å². The normalized spacial score (nSPS) is 19.4. The number of likely N-dealkylation sites (tertiary alicyclic amines) is 1. The number of aromatic hydroxyl groups is 1. The van der Waals surface area contributed by atoms with Crippen molar-refractivity contribution in [3.8, 4) is 16.9 Å². The standard InChI is InChI=1S/C26H23NO5/c28-17-7-5-6-16(12-17)22-13-27(14-23(22)25(29)30)26(31)32-15-24-20-10-3-1-8-18(20)19-9-2-4-11-21(19)24/h1-12,22-24,28H,13-15H2,(H,29,30)/t22-,23+/m0/s1. The number of phenolic OH excluding ortho intramolecular Hbond substituents is 1. The summed E-state index contributed by atoms with van der Waals surface area (Å²) in [6.45, 7) is 0.501. The fourth-order valence-corrected chi connectivity index (χ4v) is 4.98. The van der Waals surface area contributed by atoms with E-state index in [-0.39, 0.29) is 31.4 Å². The number of carbonyl (C=O) groups is 2. The number of amides is 1. The third-order valence-electron chi connectivity index (χ3n) is 6.53. The Kier molecular flexibility index (Phi) is 5.05. The number of carbonyl (C=O) groups excluding carboxylic acids is 1. The molecule has 2 atom stereocenters. The first-order chi connectivity index (χ1) is 15.5. The Hall–Kier alpha value is -3.80. The maximum Gasteiger partial charge on any atom is 0.409 e. The van der Waals surface area contributed by atoms with Crippen LogP contribution in [0.1, 0.15) is 28.5 Å². The van der Waals surface area contributed by atoms with E-state index >= 15 is 0 Å². The van der Waals surface area contributed by atoms with Crippen LogP contribution < -0.4 is 0 Å². The van der Waals surface area contributed by atoms with Crippen molar-refractivity contribution >= 4 is 12.1 Å². The minimum Gasteiger partial charge on any atom is -0.508 e. The molecule has 1 amide bonds. The van der Waals surface area contributed by atoms with Gasteiger partial charge in [0.15, 0.2) is 0 Å². The number of aliphatic carboxylic acids is 1. The van der Waals surface area contributed by atoms with Crippen molar-refractivity contribution in [2.75, 3.05) is 19.7 Å². The smallest absolute Gasteiger partial charge is 0.409 e. The highest BCUT2D eigenvalue weighted by Crippen LogP contribution is 2.44. The molecule has 0 aromatic heterocycles. The molecule has 1 saturated heterocycles. The molecule has 1 aliphatic carbocycles. The predicted octanol–water partition coefficient (Wildman–Crippen LogP) is 4.44. The van der Waals surface area contributed by atoms with Gasteiger partial charge < -0.3 is 19.8 Å². The Bertz CT molecular complexity index is 1140. The number of ether oxygens (including phenoxy) is 1. The van der Waals surface area contributed by atoms with Crippen LogP contribution in [0.4, 0.5) is 4.79 Å². The third-order valence-corrected chi connectivity index (χ3v) is 6.53. The fourth-order valence-electron chi connectivity index (χ4n) is 4.98. The van der Waals surface area contributed by atoms with Crippen LogP contribution in [0.3, 0.4) is 0 Å². The SMILES string of the molecule is O=C(O)[C@@H]1CN(C(=O)OCC2c3ccccc3-c3ccccc32)C[C@H]1c1cccc(O)c1. The van der Waals surface area contributed by atoms with Gasteiger partial charge in [0.25, 0.3) is 0 Å². The molecule has 32 heavy (non-hydrogen) atoms. The average molecular weight is 429 g/mol. The molecule has 0 radical (unpaired) electrons. The lowest BCUT2D eigenvalue weighted by molar-refractivity contribution is -0.141. The number of benzene rings is 3. The summed E-state index contributed by atoms with van der Waals surface area (Å²) in [5.74, 6) is -2.10. The van der Waals surface area contributed by atoms with Crippen molar-refractivity contribution in [1.29, 1.82) is 0 Å². The van der Waals surface area contributed by atoms with Gasteiger partial charge in [0.2, 0.25) is 0 Å². The second-order valence-corrected chi connectivity index (χ2v) is 8.36. The molecule has 3 aromatic carbocycles. The molecule has 0 unspecified atom stereocenters. The largest absolute Gasteiger partial charge is 0.508 e. The first-order valence-corrected chi connectivity index (χ1v) is 10.6. The van der Waals surface area contributed by atoms with Gasteiger partial charge in [0.1, 0.15) is 12.4 Å². The second kappa shape index (κ2) is 8.04. The number of fused-ring (bicyclic) bond motifs is 3. The molecular formula is C26H23NO5. The third kappa shape index (κ3) is 3.47. The maximum atomic E-state index is 12.9. The van der Waals surface area contributed by atoms with Crippen molar-refractivity contribution in [2.45, 2.75) is 11.8 Å². The molecule has 0 saturated carbocycles. The van der Waals surface area contributed by atoms with Crippen LogP contribution in [0.5, 0.6) is 5.75 Å². The number of phenols is 1. The number of carboxylic acids is 1. The van der Waals surface area contributed by atoms with E-state index in [2.05, 4.69) is 24.3 Å². The molecule has 6 heteroatoms. The summed E-state index contributed by atoms with van der Waals surface area (Å²) in [5, 5.41) is 19.5. The van der Waals surface area contributed by atoms with Crippen LogP contribution >= 0.6 is 0 Å². The van der Waals surface area contributed by atoms with Gasteiger partial charge in [0, 0.05) is 24.9 Å². The van der Waals surface area contributed by atoms with Gasteiger partial charge in [-0.1, -0.05) is 60.7 Å². The summed E-state index contributed by atoms with van der Waals surface area (Å²) in [5.41, 5.74) is 5.26. The molecule has 0 bridgehead atoms. The molecule has 162 valence electrons. The van der Waals surface area contributed by atoms with Crippen molar-refractivity contribution in [2.24, 2.45) is 5.92 Å². The molecule has 2 aliphatic rings. The molecule has 5 rings (SSSR count). The van der Waals surface area contributed by atoms with Gasteiger partial charge in [-0.2, -0.15) is 0 Å². The van der Waals surface area contributed by atoms with E-state index in [0.717, 1.165) is 22.3 Å². The molecule has 0 spiro atoms. The highest BCUT2D eigenvalue weighted by molar-refractivity contribution is 5.79. The molecule has 1 fully saturated rings. The van der Waals surface area contributed by atoms with Gasteiger partial charge >= 0.3 is 12.1 Å². The van der Waals surface area contributed by atoms with Crippen LogP contribution in [0.25, 0.3) is 11.1 Å². The summed E-state index contributed by atoms with van der Waals surface area (Å²) in [4.78, 5) is 26.2. The van der Waals surface area contributed by atoms with E-state index < -0.39 is 23.9 Å². The minimum atomic E-state index is -0.965. The zero-order valence-electron chi connectivity index (χ0n) is 17.3. The van der Waals surface area contributed by atoms with Gasteiger partial charge in [0.05, 0.1) is 5.92 Å². The van der Waals surface area contributed by atoms with Crippen LogP contribution in [0.15, 0.2) is 72.8 Å². The van der Waals surface area contributed by atoms with E-state index in [9.17, 15) is 19.8 Å². The quantitative estimate of drug-likeness (QED) is 0.640. The second-order valence-electron chi connectivity index (χ2n) is 8.36. The highest BCUT2D eigenvalue weighted by atomic mass is 16.6. The molecule has 3 aromatic rings. The number of rotatable bonds is 4. The summed E-state index contributed by atoms with van der Waals surface area (Å²) in [6.07, 6.45) is -0.513. The van der Waals surface area contributed by atoms with Crippen LogP contribution in [0, 0.1) is 5.92 Å². The van der Waals surface area contributed by atoms with Gasteiger partial charge in [-0.25, -0.2) is 4.79 Å². The summed E-state index contributed by atoms with van der Waals surface area (Å²) in [7, 11) is 0. The Balaban J connectivity index is 1.32. The summed E-state index contributed by atoms with van der Waals surface area (Å²) >= 11 is 0.